The van der Waals surface area contributed by atoms with Gasteiger partial charge in [-0.05, 0) is 52.7 Å². The van der Waals surface area contributed by atoms with Crippen LogP contribution in [0.3, 0.4) is 0 Å². The summed E-state index contributed by atoms with van der Waals surface area (Å²) >= 11 is 1.18. The molecule has 1 amide bonds. The highest BCUT2D eigenvalue weighted by Crippen LogP contribution is 2.27. The van der Waals surface area contributed by atoms with Gasteiger partial charge in [0.15, 0.2) is 5.58 Å². The number of carbonyl (C=O) groups is 1. The maximum atomic E-state index is 12.7. The molecule has 0 saturated heterocycles. The molecule has 0 spiro atoms. The van der Waals surface area contributed by atoms with Crippen LogP contribution in [0.1, 0.15) is 5.56 Å². The van der Waals surface area contributed by atoms with Gasteiger partial charge in [-0.2, -0.15) is 0 Å². The van der Waals surface area contributed by atoms with Crippen molar-refractivity contribution in [1.29, 1.82) is 0 Å². The summed E-state index contributed by atoms with van der Waals surface area (Å²) in [4.78, 5) is 18.8. The van der Waals surface area contributed by atoms with Gasteiger partial charge in [0.25, 0.3) is 5.22 Å². The first-order valence-corrected chi connectivity index (χ1v) is 12.9. The minimum absolute atomic E-state index is 0.0713. The Morgan fingerprint density at radius 2 is 1.76 bits per heavy atom. The number of amides is 1. The van der Waals surface area contributed by atoms with Crippen LogP contribution in [-0.4, -0.2) is 62.5 Å². The fourth-order valence-electron chi connectivity index (χ4n) is 3.41. The molecule has 0 aliphatic rings. The number of aromatic nitrogens is 1. The lowest BCUT2D eigenvalue weighted by Gasteiger charge is -2.17. The molecule has 0 unspecified atom stereocenters. The van der Waals surface area contributed by atoms with Crippen LogP contribution in [0.2, 0.25) is 0 Å². The van der Waals surface area contributed by atoms with E-state index in [9.17, 15) is 13.2 Å². The maximum Gasteiger partial charge on any atom is 0.257 e. The Bertz CT molecular complexity index is 1460. The topological polar surface area (TPSA) is 92.9 Å². The van der Waals surface area contributed by atoms with E-state index < -0.39 is 10.0 Å². The molecule has 0 saturated carbocycles. The van der Waals surface area contributed by atoms with E-state index in [1.807, 2.05) is 30.3 Å². The third kappa shape index (κ3) is 5.03. The number of rotatable bonds is 8. The van der Waals surface area contributed by atoms with Crippen molar-refractivity contribution in [2.45, 2.75) is 16.7 Å². The van der Waals surface area contributed by atoms with Crippen molar-refractivity contribution >= 4 is 49.6 Å². The summed E-state index contributed by atoms with van der Waals surface area (Å²) in [6, 6.07) is 16.5. The molecule has 3 aromatic carbocycles. The lowest BCUT2D eigenvalue weighted by atomic mass is 10.1. The fourth-order valence-corrected chi connectivity index (χ4v) is 5.11. The van der Waals surface area contributed by atoms with E-state index >= 15 is 0 Å². The minimum Gasteiger partial charge on any atom is -0.497 e. The van der Waals surface area contributed by atoms with Gasteiger partial charge in [0.05, 0.1) is 17.8 Å². The van der Waals surface area contributed by atoms with Crippen molar-refractivity contribution in [3.8, 4) is 5.75 Å². The zero-order chi connectivity index (χ0) is 24.5. The Labute approximate surface area is 202 Å². The van der Waals surface area contributed by atoms with Gasteiger partial charge >= 0.3 is 0 Å². The molecule has 0 N–H and O–H groups in total. The number of benzene rings is 3. The molecule has 4 aromatic rings. The molecule has 0 fully saturated rings. The summed E-state index contributed by atoms with van der Waals surface area (Å²) in [7, 11) is 2.78. The highest BCUT2D eigenvalue weighted by Gasteiger charge is 2.19. The molecular weight excluding hydrogens is 474 g/mol. The smallest absolute Gasteiger partial charge is 0.257 e. The Hall–Kier alpha value is -3.08. The average molecular weight is 500 g/mol. The van der Waals surface area contributed by atoms with Gasteiger partial charge in [-0.3, -0.25) is 4.79 Å². The quantitative estimate of drug-likeness (QED) is 0.339. The number of oxazole rings is 1. The predicted octanol–water partition coefficient (Wildman–Crippen LogP) is 3.99. The highest BCUT2D eigenvalue weighted by atomic mass is 32.2. The lowest BCUT2D eigenvalue weighted by molar-refractivity contribution is -0.127. The van der Waals surface area contributed by atoms with Gasteiger partial charge in [-0.1, -0.05) is 30.0 Å². The Morgan fingerprint density at radius 3 is 2.50 bits per heavy atom. The number of hydrogen-bond acceptors (Lipinski definition) is 7. The molecular formula is C24H25N3O5S2. The summed E-state index contributed by atoms with van der Waals surface area (Å²) in [5.41, 5.74) is 1.92. The van der Waals surface area contributed by atoms with E-state index in [4.69, 9.17) is 9.15 Å². The Balaban J connectivity index is 1.40. The van der Waals surface area contributed by atoms with Crippen LogP contribution >= 0.6 is 11.8 Å². The molecule has 0 aliphatic carbocycles. The molecule has 1 heterocycles. The zero-order valence-electron chi connectivity index (χ0n) is 19.3. The summed E-state index contributed by atoms with van der Waals surface area (Å²) < 4.78 is 36.7. The summed E-state index contributed by atoms with van der Waals surface area (Å²) in [6.45, 7) is 0.473. The fraction of sp³-hybridized carbons (Fsp3) is 0.250. The lowest BCUT2D eigenvalue weighted by Crippen LogP contribution is -2.27. The molecule has 178 valence electrons. The van der Waals surface area contributed by atoms with Crippen LogP contribution in [0.5, 0.6) is 5.75 Å². The first-order valence-electron chi connectivity index (χ1n) is 10.4. The third-order valence-electron chi connectivity index (χ3n) is 5.39. The van der Waals surface area contributed by atoms with Crippen LogP contribution in [0.4, 0.5) is 0 Å². The van der Waals surface area contributed by atoms with Crippen molar-refractivity contribution < 1.29 is 22.4 Å². The second kappa shape index (κ2) is 9.65. The van der Waals surface area contributed by atoms with Crippen molar-refractivity contribution in [3.05, 3.63) is 60.2 Å². The SMILES string of the molecule is COc1ccc2cc(CN(C)C(=O)CSc3nc4cc(S(=O)(=O)N(C)C)ccc4o3)ccc2c1. The largest absolute Gasteiger partial charge is 0.497 e. The number of nitrogens with zero attached hydrogens (tertiary/aromatic N) is 3. The Morgan fingerprint density at radius 1 is 1.03 bits per heavy atom. The highest BCUT2D eigenvalue weighted by molar-refractivity contribution is 7.99. The number of fused-ring (bicyclic) bond motifs is 2. The van der Waals surface area contributed by atoms with Gasteiger partial charge in [0.1, 0.15) is 11.3 Å². The van der Waals surface area contributed by atoms with E-state index in [-0.39, 0.29) is 16.6 Å². The number of thioether (sulfide) groups is 1. The molecule has 0 radical (unpaired) electrons. The molecule has 8 nitrogen and oxygen atoms in total. The molecule has 0 atom stereocenters. The minimum atomic E-state index is -3.57. The maximum absolute atomic E-state index is 12.7. The number of carbonyl (C=O) groups excluding carboxylic acids is 1. The van der Waals surface area contributed by atoms with Gasteiger partial charge < -0.3 is 14.1 Å². The first kappa shape index (κ1) is 24.1. The number of sulfonamides is 1. The molecule has 34 heavy (non-hydrogen) atoms. The summed E-state index contributed by atoms with van der Waals surface area (Å²) in [5.74, 6) is 0.883. The van der Waals surface area contributed by atoms with E-state index in [0.29, 0.717) is 22.9 Å². The zero-order valence-corrected chi connectivity index (χ0v) is 20.9. The van der Waals surface area contributed by atoms with Crippen LogP contribution < -0.4 is 4.74 Å². The number of hydrogen-bond donors (Lipinski definition) is 0. The van der Waals surface area contributed by atoms with Gasteiger partial charge in [-0.15, -0.1) is 0 Å². The normalized spacial score (nSPS) is 11.9. The van der Waals surface area contributed by atoms with E-state index in [1.165, 1.54) is 38.0 Å². The van der Waals surface area contributed by atoms with Crippen LogP contribution in [0, 0.1) is 0 Å². The van der Waals surface area contributed by atoms with Crippen molar-refractivity contribution in [1.82, 2.24) is 14.2 Å². The van der Waals surface area contributed by atoms with Crippen LogP contribution in [0.25, 0.3) is 21.9 Å². The van der Waals surface area contributed by atoms with Gasteiger partial charge in [0.2, 0.25) is 15.9 Å². The average Bonchev–Trinajstić information content (AvgIpc) is 3.24. The number of methoxy groups -OCH3 is 1. The molecule has 10 heteroatoms. The van der Waals surface area contributed by atoms with Crippen molar-refractivity contribution in [2.24, 2.45) is 0 Å². The van der Waals surface area contributed by atoms with E-state index in [1.54, 1.807) is 25.1 Å². The standard InChI is InChI=1S/C24H25N3O5S2/c1-26(2)34(29,30)20-9-10-22-21(13-20)25-24(32-22)33-15-23(28)27(3)14-16-5-6-18-12-19(31-4)8-7-17(18)11-16/h5-13H,14-15H2,1-4H3. The summed E-state index contributed by atoms with van der Waals surface area (Å²) in [5, 5.41) is 2.47. The van der Waals surface area contributed by atoms with E-state index in [2.05, 4.69) is 11.1 Å². The van der Waals surface area contributed by atoms with Crippen LogP contribution in [0.15, 0.2) is 69.1 Å². The number of ether oxygens (including phenoxy) is 1. The van der Waals surface area contributed by atoms with Crippen LogP contribution in [-0.2, 0) is 21.4 Å². The van der Waals surface area contributed by atoms with Crippen molar-refractivity contribution in [2.75, 3.05) is 34.0 Å². The molecule has 0 aliphatic heterocycles. The predicted molar refractivity (Wildman–Crippen MR) is 133 cm³/mol. The Kier molecular flexibility index (Phi) is 6.83. The van der Waals surface area contributed by atoms with Gasteiger partial charge in [-0.25, -0.2) is 17.7 Å². The molecule has 1 aromatic heterocycles. The van der Waals surface area contributed by atoms with Gasteiger partial charge in [0, 0.05) is 27.7 Å². The second-order valence-electron chi connectivity index (χ2n) is 7.98. The third-order valence-corrected chi connectivity index (χ3v) is 8.02. The monoisotopic (exact) mass is 499 g/mol. The van der Waals surface area contributed by atoms with E-state index in [0.717, 1.165) is 26.4 Å². The van der Waals surface area contributed by atoms with Crippen molar-refractivity contribution in [3.63, 3.8) is 0 Å². The summed E-state index contributed by atoms with van der Waals surface area (Å²) in [6.07, 6.45) is 0. The second-order valence-corrected chi connectivity index (χ2v) is 11.1. The molecule has 4 rings (SSSR count). The first-order chi connectivity index (χ1) is 16.2. The molecule has 0 bridgehead atoms.